The van der Waals surface area contributed by atoms with Crippen molar-refractivity contribution in [2.24, 2.45) is 0 Å². The van der Waals surface area contributed by atoms with Crippen molar-refractivity contribution in [1.82, 2.24) is 4.90 Å². The molecule has 1 saturated heterocycles. The van der Waals surface area contributed by atoms with Crippen molar-refractivity contribution in [2.45, 2.75) is 6.92 Å². The van der Waals surface area contributed by atoms with Gasteiger partial charge in [-0.3, -0.25) is 14.5 Å². The predicted molar refractivity (Wildman–Crippen MR) is 86.2 cm³/mol. The second-order valence-electron chi connectivity index (χ2n) is 4.76. The molecule has 112 valence electrons. The van der Waals surface area contributed by atoms with Crippen LogP contribution in [0.15, 0.2) is 51.8 Å². The van der Waals surface area contributed by atoms with Crippen molar-refractivity contribution in [2.75, 3.05) is 12.0 Å². The summed E-state index contributed by atoms with van der Waals surface area (Å²) in [6.45, 7) is 1.97. The van der Waals surface area contributed by atoms with Crippen LogP contribution in [-0.4, -0.2) is 22.7 Å². The van der Waals surface area contributed by atoms with Gasteiger partial charge in [-0.05, 0) is 43.0 Å². The number of rotatable bonds is 4. The Kier molecular flexibility index (Phi) is 4.02. The van der Waals surface area contributed by atoms with E-state index < -0.39 is 0 Å². The Bertz CT molecular complexity index is 737. The standard InChI is InChI=1S/C16H14N2O3S/c1-11-7-8-13(21-11)9-14-15(19)18(16(20)22-14)10-17-12-5-3-2-4-6-12/h2-9,17H,10H2,1H3/b14-9+. The average Bonchev–Trinajstić information content (AvgIpc) is 3.03. The Morgan fingerprint density at radius 2 is 1.95 bits per heavy atom. The maximum Gasteiger partial charge on any atom is 0.295 e. The number of hydrogen-bond acceptors (Lipinski definition) is 5. The van der Waals surface area contributed by atoms with Gasteiger partial charge in [-0.25, -0.2) is 0 Å². The lowest BCUT2D eigenvalue weighted by molar-refractivity contribution is -0.122. The first-order valence-electron chi connectivity index (χ1n) is 6.74. The number of hydrogen-bond donors (Lipinski definition) is 1. The molecule has 1 aliphatic heterocycles. The third-order valence-corrected chi connectivity index (χ3v) is 4.03. The number of furan rings is 1. The van der Waals surface area contributed by atoms with E-state index in [9.17, 15) is 9.59 Å². The van der Waals surface area contributed by atoms with Crippen LogP contribution in [0.5, 0.6) is 0 Å². The van der Waals surface area contributed by atoms with E-state index in [-0.39, 0.29) is 17.8 Å². The summed E-state index contributed by atoms with van der Waals surface area (Å²) in [5, 5.41) is 2.77. The summed E-state index contributed by atoms with van der Waals surface area (Å²) in [4.78, 5) is 25.8. The second kappa shape index (κ2) is 6.11. The van der Waals surface area contributed by atoms with E-state index in [1.807, 2.05) is 43.3 Å². The first-order chi connectivity index (χ1) is 10.6. The molecule has 2 aromatic rings. The van der Waals surface area contributed by atoms with Gasteiger partial charge < -0.3 is 9.73 Å². The van der Waals surface area contributed by atoms with Gasteiger partial charge in [0.1, 0.15) is 11.5 Å². The van der Waals surface area contributed by atoms with E-state index in [2.05, 4.69) is 5.32 Å². The van der Waals surface area contributed by atoms with Gasteiger partial charge in [-0.1, -0.05) is 18.2 Å². The summed E-state index contributed by atoms with van der Waals surface area (Å²) in [7, 11) is 0. The summed E-state index contributed by atoms with van der Waals surface area (Å²) in [5.74, 6) is 1.02. The Balaban J connectivity index is 1.70. The van der Waals surface area contributed by atoms with Crippen molar-refractivity contribution in [3.05, 3.63) is 58.9 Å². The van der Waals surface area contributed by atoms with Crippen LogP contribution in [-0.2, 0) is 4.79 Å². The molecule has 1 aromatic carbocycles. The molecule has 0 aliphatic carbocycles. The van der Waals surface area contributed by atoms with Crippen LogP contribution in [0.2, 0.25) is 0 Å². The van der Waals surface area contributed by atoms with Gasteiger partial charge in [-0.15, -0.1) is 0 Å². The van der Waals surface area contributed by atoms with Crippen molar-refractivity contribution < 1.29 is 14.0 Å². The molecule has 1 fully saturated rings. The molecule has 0 radical (unpaired) electrons. The minimum absolute atomic E-state index is 0.142. The highest BCUT2D eigenvalue weighted by atomic mass is 32.2. The number of thioether (sulfide) groups is 1. The normalized spacial score (nSPS) is 16.6. The van der Waals surface area contributed by atoms with Crippen molar-refractivity contribution in [3.63, 3.8) is 0 Å². The third kappa shape index (κ3) is 3.07. The first-order valence-corrected chi connectivity index (χ1v) is 7.56. The van der Waals surface area contributed by atoms with Crippen LogP contribution in [0, 0.1) is 6.92 Å². The van der Waals surface area contributed by atoms with Gasteiger partial charge in [0.25, 0.3) is 11.1 Å². The Hall–Kier alpha value is -2.47. The molecule has 5 nitrogen and oxygen atoms in total. The summed E-state index contributed by atoms with van der Waals surface area (Å²) in [5.41, 5.74) is 0.854. The molecule has 0 saturated carbocycles. The zero-order valence-corrected chi connectivity index (χ0v) is 12.7. The first kappa shape index (κ1) is 14.5. The number of aryl methyl sites for hydroxylation is 1. The average molecular weight is 314 g/mol. The molecular formula is C16H14N2O3S. The van der Waals surface area contributed by atoms with E-state index in [1.165, 1.54) is 4.90 Å². The van der Waals surface area contributed by atoms with Crippen molar-refractivity contribution in [3.8, 4) is 0 Å². The van der Waals surface area contributed by atoms with Gasteiger partial charge in [0, 0.05) is 11.8 Å². The number of nitrogens with one attached hydrogen (secondary N) is 1. The molecule has 1 aliphatic rings. The molecular weight excluding hydrogens is 300 g/mol. The number of carbonyl (C=O) groups is 2. The molecule has 3 rings (SSSR count). The molecule has 1 aromatic heterocycles. The molecule has 2 amide bonds. The molecule has 1 N–H and O–H groups in total. The van der Waals surface area contributed by atoms with Crippen molar-refractivity contribution in [1.29, 1.82) is 0 Å². The number of amides is 2. The van der Waals surface area contributed by atoms with Gasteiger partial charge >= 0.3 is 0 Å². The van der Waals surface area contributed by atoms with Crippen LogP contribution >= 0.6 is 11.8 Å². The number of anilines is 1. The van der Waals surface area contributed by atoms with Crippen LogP contribution in [0.4, 0.5) is 10.5 Å². The molecule has 0 atom stereocenters. The summed E-state index contributed by atoms with van der Waals surface area (Å²) in [6.07, 6.45) is 1.60. The zero-order valence-electron chi connectivity index (χ0n) is 11.9. The molecule has 2 heterocycles. The lowest BCUT2D eigenvalue weighted by atomic mass is 10.3. The molecule has 22 heavy (non-hydrogen) atoms. The number of nitrogens with zero attached hydrogens (tertiary/aromatic N) is 1. The quantitative estimate of drug-likeness (QED) is 0.872. The lowest BCUT2D eigenvalue weighted by Gasteiger charge is -2.14. The van der Waals surface area contributed by atoms with Crippen molar-refractivity contribution >= 4 is 34.7 Å². The Labute approximate surface area is 132 Å². The van der Waals surface area contributed by atoms with Crippen LogP contribution in [0.1, 0.15) is 11.5 Å². The number of benzene rings is 1. The van der Waals surface area contributed by atoms with E-state index in [0.717, 1.165) is 23.2 Å². The smallest absolute Gasteiger partial charge is 0.295 e. The van der Waals surface area contributed by atoms with Gasteiger partial charge in [0.2, 0.25) is 0 Å². The topological polar surface area (TPSA) is 62.6 Å². The van der Waals surface area contributed by atoms with E-state index in [0.29, 0.717) is 10.7 Å². The Morgan fingerprint density at radius 1 is 1.18 bits per heavy atom. The third-order valence-electron chi connectivity index (χ3n) is 3.12. The van der Waals surface area contributed by atoms with Gasteiger partial charge in [-0.2, -0.15) is 0 Å². The summed E-state index contributed by atoms with van der Waals surface area (Å²) < 4.78 is 5.41. The lowest BCUT2D eigenvalue weighted by Crippen LogP contribution is -2.33. The van der Waals surface area contributed by atoms with E-state index in [1.54, 1.807) is 12.1 Å². The second-order valence-corrected chi connectivity index (χ2v) is 5.75. The number of imide groups is 1. The monoisotopic (exact) mass is 314 g/mol. The Morgan fingerprint density at radius 3 is 2.64 bits per heavy atom. The summed E-state index contributed by atoms with van der Waals surface area (Å²) in [6, 6.07) is 13.0. The molecule has 0 unspecified atom stereocenters. The number of carbonyl (C=O) groups excluding carboxylic acids is 2. The number of para-hydroxylation sites is 1. The van der Waals surface area contributed by atoms with Gasteiger partial charge in [0.05, 0.1) is 11.6 Å². The molecule has 0 spiro atoms. The van der Waals surface area contributed by atoms with E-state index >= 15 is 0 Å². The van der Waals surface area contributed by atoms with Crippen LogP contribution < -0.4 is 5.32 Å². The fourth-order valence-electron chi connectivity index (χ4n) is 2.02. The fourth-order valence-corrected chi connectivity index (χ4v) is 2.84. The van der Waals surface area contributed by atoms with Crippen LogP contribution in [0.25, 0.3) is 6.08 Å². The maximum absolute atomic E-state index is 12.3. The summed E-state index contributed by atoms with van der Waals surface area (Å²) >= 11 is 0.920. The minimum Gasteiger partial charge on any atom is -0.462 e. The van der Waals surface area contributed by atoms with Gasteiger partial charge in [0.15, 0.2) is 0 Å². The molecule has 0 bridgehead atoms. The fraction of sp³-hybridized carbons (Fsp3) is 0.125. The molecule has 6 heteroatoms. The highest BCUT2D eigenvalue weighted by Crippen LogP contribution is 2.32. The minimum atomic E-state index is -0.313. The predicted octanol–water partition coefficient (Wildman–Crippen LogP) is 3.69. The highest BCUT2D eigenvalue weighted by Gasteiger charge is 2.35. The SMILES string of the molecule is Cc1ccc(/C=C2/SC(=O)N(CNc3ccccc3)C2=O)o1. The largest absolute Gasteiger partial charge is 0.462 e. The zero-order chi connectivity index (χ0) is 15.5. The van der Waals surface area contributed by atoms with E-state index in [4.69, 9.17) is 4.42 Å². The highest BCUT2D eigenvalue weighted by molar-refractivity contribution is 8.18. The maximum atomic E-state index is 12.3. The van der Waals surface area contributed by atoms with Crippen LogP contribution in [0.3, 0.4) is 0 Å².